The van der Waals surface area contributed by atoms with Crippen LogP contribution in [-0.4, -0.2) is 33.5 Å². The van der Waals surface area contributed by atoms with Gasteiger partial charge in [-0.2, -0.15) is 0 Å². The molecule has 25 heavy (non-hydrogen) atoms. The molecule has 0 aliphatic carbocycles. The number of rotatable bonds is 7. The van der Waals surface area contributed by atoms with Crippen molar-refractivity contribution in [2.45, 2.75) is 25.9 Å². The molecule has 0 saturated heterocycles. The second-order valence-corrected chi connectivity index (χ2v) is 5.70. The van der Waals surface area contributed by atoms with Gasteiger partial charge in [0.05, 0.1) is 16.6 Å². The minimum absolute atomic E-state index is 0.109. The zero-order valence-corrected chi connectivity index (χ0v) is 13.8. The lowest BCUT2D eigenvalue weighted by Crippen LogP contribution is -2.39. The fraction of sp³-hybridized carbons (Fsp3) is 0.278. The summed E-state index contributed by atoms with van der Waals surface area (Å²) in [5.74, 6) is -1.51. The van der Waals surface area contributed by atoms with Crippen LogP contribution in [0.1, 0.15) is 29.3 Å². The Hall–Kier alpha value is -2.80. The van der Waals surface area contributed by atoms with Crippen molar-refractivity contribution >= 4 is 11.6 Å². The molecule has 0 aromatic heterocycles. The van der Waals surface area contributed by atoms with Crippen LogP contribution in [0.25, 0.3) is 0 Å². The first-order valence-corrected chi connectivity index (χ1v) is 7.83. The van der Waals surface area contributed by atoms with Crippen molar-refractivity contribution in [2.75, 3.05) is 6.61 Å². The number of aliphatic hydroxyl groups is 1. The Bertz CT molecular complexity index is 752. The van der Waals surface area contributed by atoms with Crippen molar-refractivity contribution in [2.24, 2.45) is 0 Å². The maximum Gasteiger partial charge on any atom is 0.272 e. The van der Waals surface area contributed by atoms with E-state index in [1.165, 1.54) is 4.90 Å². The molecule has 7 heteroatoms. The summed E-state index contributed by atoms with van der Waals surface area (Å²) in [4.78, 5) is 24.3. The molecule has 2 aromatic rings. The van der Waals surface area contributed by atoms with Gasteiger partial charge in [-0.3, -0.25) is 14.9 Å². The van der Waals surface area contributed by atoms with E-state index in [1.807, 2.05) is 30.3 Å². The highest BCUT2D eigenvalue weighted by Crippen LogP contribution is 2.21. The first kappa shape index (κ1) is 18.5. The zero-order chi connectivity index (χ0) is 18.4. The van der Waals surface area contributed by atoms with E-state index in [0.29, 0.717) is 6.42 Å². The van der Waals surface area contributed by atoms with Crippen molar-refractivity contribution in [3.8, 4) is 0 Å². The Morgan fingerprint density at radius 2 is 1.96 bits per heavy atom. The van der Waals surface area contributed by atoms with Gasteiger partial charge in [0.15, 0.2) is 0 Å². The van der Waals surface area contributed by atoms with Gasteiger partial charge in [0, 0.05) is 25.3 Å². The van der Waals surface area contributed by atoms with Crippen LogP contribution in [0.3, 0.4) is 0 Å². The van der Waals surface area contributed by atoms with E-state index in [4.69, 9.17) is 5.11 Å². The third-order valence-electron chi connectivity index (χ3n) is 3.93. The summed E-state index contributed by atoms with van der Waals surface area (Å²) in [7, 11) is 0. The number of amides is 1. The Balaban J connectivity index is 2.33. The molecule has 1 atom stereocenters. The molecule has 0 aliphatic heterocycles. The first-order chi connectivity index (χ1) is 11.9. The Kier molecular flexibility index (Phi) is 6.19. The van der Waals surface area contributed by atoms with Gasteiger partial charge in [-0.05, 0) is 25.0 Å². The summed E-state index contributed by atoms with van der Waals surface area (Å²) in [6.07, 6.45) is 0.340. The number of nitrogens with zero attached hydrogens (tertiary/aromatic N) is 2. The molecule has 6 nitrogen and oxygen atoms in total. The number of nitro benzene ring substituents is 1. The van der Waals surface area contributed by atoms with E-state index in [0.717, 1.165) is 23.8 Å². The van der Waals surface area contributed by atoms with Crippen LogP contribution in [0.15, 0.2) is 48.5 Å². The van der Waals surface area contributed by atoms with Crippen LogP contribution < -0.4 is 0 Å². The Labute approximate surface area is 144 Å². The van der Waals surface area contributed by atoms with E-state index in [2.05, 4.69) is 0 Å². The summed E-state index contributed by atoms with van der Waals surface area (Å²) in [5.41, 5.74) is 0.223. The predicted molar refractivity (Wildman–Crippen MR) is 90.5 cm³/mol. The topological polar surface area (TPSA) is 83.7 Å². The number of carbonyl (C=O) groups excluding carboxylic acids is 1. The highest BCUT2D eigenvalue weighted by molar-refractivity contribution is 5.95. The first-order valence-electron chi connectivity index (χ1n) is 7.83. The highest BCUT2D eigenvalue weighted by atomic mass is 19.1. The van der Waals surface area contributed by atoms with Crippen molar-refractivity contribution in [1.82, 2.24) is 4.90 Å². The minimum atomic E-state index is -0.937. The Morgan fingerprint density at radius 1 is 1.28 bits per heavy atom. The van der Waals surface area contributed by atoms with Crippen LogP contribution >= 0.6 is 0 Å². The molecular formula is C18H19FN2O4. The lowest BCUT2D eigenvalue weighted by Gasteiger charge is -2.29. The summed E-state index contributed by atoms with van der Waals surface area (Å²) in [6, 6.07) is 11.9. The molecule has 1 N–H and O–H groups in total. The third-order valence-corrected chi connectivity index (χ3v) is 3.93. The molecule has 1 amide bonds. The molecule has 2 aromatic carbocycles. The van der Waals surface area contributed by atoms with Gasteiger partial charge in [-0.15, -0.1) is 0 Å². The third kappa shape index (κ3) is 4.60. The fourth-order valence-electron chi connectivity index (χ4n) is 2.50. The summed E-state index contributed by atoms with van der Waals surface area (Å²) >= 11 is 0. The molecule has 0 aliphatic rings. The van der Waals surface area contributed by atoms with E-state index in [9.17, 15) is 19.3 Å². The number of hydrogen-bond donors (Lipinski definition) is 1. The number of benzene rings is 2. The molecule has 2 rings (SSSR count). The van der Waals surface area contributed by atoms with E-state index < -0.39 is 22.3 Å². The quantitative estimate of drug-likeness (QED) is 0.616. The minimum Gasteiger partial charge on any atom is -0.396 e. The average Bonchev–Trinajstić information content (AvgIpc) is 2.60. The van der Waals surface area contributed by atoms with Gasteiger partial charge in [-0.1, -0.05) is 30.3 Å². The van der Waals surface area contributed by atoms with Gasteiger partial charge in [-0.25, -0.2) is 4.39 Å². The van der Waals surface area contributed by atoms with E-state index in [-0.39, 0.29) is 24.8 Å². The highest BCUT2D eigenvalue weighted by Gasteiger charge is 2.25. The molecular weight excluding hydrogens is 327 g/mol. The maximum atomic E-state index is 14.2. The molecule has 0 bridgehead atoms. The second-order valence-electron chi connectivity index (χ2n) is 5.70. The van der Waals surface area contributed by atoms with Gasteiger partial charge in [0.25, 0.3) is 11.6 Å². The van der Waals surface area contributed by atoms with Crippen LogP contribution in [0, 0.1) is 15.9 Å². The molecule has 0 saturated carbocycles. The standard InChI is InChI=1S/C18H19FN2O4/c1-13(9-10-22)20(12-14-5-3-2-4-6-14)18(23)16-8-7-15(21(24)25)11-17(16)19/h2-8,11,13,22H,9-10,12H2,1H3. The van der Waals surface area contributed by atoms with Gasteiger partial charge < -0.3 is 10.0 Å². The number of nitro groups is 1. The molecule has 132 valence electrons. The molecule has 1 unspecified atom stereocenters. The fourth-order valence-corrected chi connectivity index (χ4v) is 2.50. The van der Waals surface area contributed by atoms with Crippen LogP contribution in [0.5, 0.6) is 0 Å². The largest absolute Gasteiger partial charge is 0.396 e. The van der Waals surface area contributed by atoms with Crippen LogP contribution in [0.4, 0.5) is 10.1 Å². The lowest BCUT2D eigenvalue weighted by atomic mass is 10.1. The van der Waals surface area contributed by atoms with Gasteiger partial charge in [0.1, 0.15) is 5.82 Å². The van der Waals surface area contributed by atoms with Crippen LogP contribution in [-0.2, 0) is 6.54 Å². The monoisotopic (exact) mass is 346 g/mol. The normalized spacial score (nSPS) is 11.8. The number of hydrogen-bond acceptors (Lipinski definition) is 4. The maximum absolute atomic E-state index is 14.2. The van der Waals surface area contributed by atoms with E-state index in [1.54, 1.807) is 6.92 Å². The summed E-state index contributed by atoms with van der Waals surface area (Å²) in [6.45, 7) is 1.90. The molecule has 0 heterocycles. The van der Waals surface area contributed by atoms with E-state index >= 15 is 0 Å². The molecule has 0 radical (unpaired) electrons. The van der Waals surface area contributed by atoms with Crippen molar-refractivity contribution in [3.63, 3.8) is 0 Å². The van der Waals surface area contributed by atoms with Crippen molar-refractivity contribution < 1.29 is 19.2 Å². The SMILES string of the molecule is CC(CCO)N(Cc1ccccc1)C(=O)c1ccc([N+](=O)[O-])cc1F. The summed E-state index contributed by atoms with van der Waals surface area (Å²) in [5, 5.41) is 19.9. The van der Waals surface area contributed by atoms with Gasteiger partial charge >= 0.3 is 0 Å². The number of non-ortho nitro benzene ring substituents is 1. The number of halogens is 1. The predicted octanol–water partition coefficient (Wildman–Crippen LogP) is 3.15. The molecule has 0 fully saturated rings. The van der Waals surface area contributed by atoms with Crippen LogP contribution in [0.2, 0.25) is 0 Å². The average molecular weight is 346 g/mol. The smallest absolute Gasteiger partial charge is 0.272 e. The Morgan fingerprint density at radius 3 is 2.52 bits per heavy atom. The lowest BCUT2D eigenvalue weighted by molar-refractivity contribution is -0.385. The number of aliphatic hydroxyl groups excluding tert-OH is 1. The molecule has 0 spiro atoms. The second kappa shape index (κ2) is 8.34. The zero-order valence-electron chi connectivity index (χ0n) is 13.8. The van der Waals surface area contributed by atoms with Crippen molar-refractivity contribution in [3.05, 3.63) is 75.6 Å². The number of carbonyl (C=O) groups is 1. The summed E-state index contributed by atoms with van der Waals surface area (Å²) < 4.78 is 14.2. The van der Waals surface area contributed by atoms with Gasteiger partial charge in [0.2, 0.25) is 0 Å². The van der Waals surface area contributed by atoms with Crippen molar-refractivity contribution in [1.29, 1.82) is 0 Å².